The van der Waals surface area contributed by atoms with Crippen molar-refractivity contribution in [2.24, 2.45) is 5.92 Å². The normalized spacial score (nSPS) is 18.4. The molecule has 1 heterocycles. The first kappa shape index (κ1) is 15.8. The molecule has 1 fully saturated rings. The van der Waals surface area contributed by atoms with Crippen LogP contribution in [0.3, 0.4) is 0 Å². The zero-order chi connectivity index (χ0) is 15.4. The fourth-order valence-corrected chi connectivity index (χ4v) is 2.78. The number of nitrogens with one attached hydrogen (secondary N) is 1. The average molecular weight is 309 g/mol. The Bertz CT molecular complexity index is 512. The van der Waals surface area contributed by atoms with Gasteiger partial charge in [-0.05, 0) is 37.1 Å². The van der Waals surface area contributed by atoms with Gasteiger partial charge in [0.15, 0.2) is 0 Å². The van der Waals surface area contributed by atoms with Crippen LogP contribution in [0.15, 0.2) is 24.3 Å². The third-order valence-corrected chi connectivity index (χ3v) is 4.22. The number of carbonyl (C=O) groups is 2. The van der Waals surface area contributed by atoms with Crippen molar-refractivity contribution < 1.29 is 9.59 Å². The van der Waals surface area contributed by atoms with Crippen molar-refractivity contribution >= 4 is 29.1 Å². The summed E-state index contributed by atoms with van der Waals surface area (Å²) in [5.74, 6) is 0.118. The fraction of sp³-hybridized carbons (Fsp3) is 0.500. The molecule has 0 bridgehead atoms. The molecule has 0 unspecified atom stereocenters. The van der Waals surface area contributed by atoms with E-state index >= 15 is 0 Å². The van der Waals surface area contributed by atoms with Gasteiger partial charge in [0.05, 0.1) is 6.04 Å². The van der Waals surface area contributed by atoms with Crippen molar-refractivity contribution in [2.75, 3.05) is 11.4 Å². The maximum Gasteiger partial charge on any atom is 0.229 e. The Morgan fingerprint density at radius 2 is 1.95 bits per heavy atom. The second kappa shape index (κ2) is 6.94. The molecule has 4 nitrogen and oxygen atoms in total. The van der Waals surface area contributed by atoms with Gasteiger partial charge in [-0.1, -0.05) is 25.4 Å². The number of benzene rings is 1. The summed E-state index contributed by atoms with van der Waals surface area (Å²) in [5, 5.41) is 3.64. The van der Waals surface area contributed by atoms with Gasteiger partial charge in [-0.25, -0.2) is 0 Å². The van der Waals surface area contributed by atoms with Crippen LogP contribution in [0.2, 0.25) is 5.02 Å². The molecule has 114 valence electrons. The Labute approximate surface area is 130 Å². The van der Waals surface area contributed by atoms with E-state index in [0.717, 1.165) is 18.5 Å². The molecule has 2 amide bonds. The van der Waals surface area contributed by atoms with Crippen LogP contribution in [0.5, 0.6) is 0 Å². The highest BCUT2D eigenvalue weighted by molar-refractivity contribution is 6.30. The first-order valence-electron chi connectivity index (χ1n) is 7.41. The summed E-state index contributed by atoms with van der Waals surface area (Å²) < 4.78 is 0. The van der Waals surface area contributed by atoms with Crippen LogP contribution in [0.25, 0.3) is 0 Å². The largest absolute Gasteiger partial charge is 0.351 e. The number of hydrogen-bond donors (Lipinski definition) is 1. The lowest BCUT2D eigenvalue weighted by Gasteiger charge is -2.19. The standard InChI is InChI=1S/C16H21ClN2O2/c1-3-11(4-2)16(21)18-13-9-15(20)19(10-13)14-7-5-12(17)6-8-14/h5-8,11,13H,3-4,9-10H2,1-2H3,(H,18,21)/t13-/m1/s1. The van der Waals surface area contributed by atoms with Gasteiger partial charge in [0.25, 0.3) is 0 Å². The van der Waals surface area contributed by atoms with E-state index in [1.165, 1.54) is 0 Å². The highest BCUT2D eigenvalue weighted by Gasteiger charge is 2.32. The predicted molar refractivity (Wildman–Crippen MR) is 84.4 cm³/mol. The Morgan fingerprint density at radius 1 is 1.33 bits per heavy atom. The van der Waals surface area contributed by atoms with Gasteiger partial charge in [-0.2, -0.15) is 0 Å². The number of rotatable bonds is 5. The average Bonchev–Trinajstić information content (AvgIpc) is 2.81. The summed E-state index contributed by atoms with van der Waals surface area (Å²) in [7, 11) is 0. The van der Waals surface area contributed by atoms with Crippen LogP contribution in [0, 0.1) is 5.92 Å². The Morgan fingerprint density at radius 3 is 2.52 bits per heavy atom. The zero-order valence-electron chi connectivity index (χ0n) is 12.4. The van der Waals surface area contributed by atoms with E-state index in [9.17, 15) is 9.59 Å². The second-order valence-electron chi connectivity index (χ2n) is 5.40. The van der Waals surface area contributed by atoms with Gasteiger partial charge >= 0.3 is 0 Å². The molecule has 0 aliphatic carbocycles. The van der Waals surface area contributed by atoms with Crippen LogP contribution in [0.4, 0.5) is 5.69 Å². The molecular weight excluding hydrogens is 288 g/mol. The molecule has 1 saturated heterocycles. The third-order valence-electron chi connectivity index (χ3n) is 3.97. The predicted octanol–water partition coefficient (Wildman–Crippen LogP) is 3.00. The third kappa shape index (κ3) is 3.76. The number of anilines is 1. The first-order valence-corrected chi connectivity index (χ1v) is 7.79. The van der Waals surface area contributed by atoms with Gasteiger partial charge < -0.3 is 10.2 Å². The van der Waals surface area contributed by atoms with Gasteiger partial charge in [0.1, 0.15) is 0 Å². The smallest absolute Gasteiger partial charge is 0.229 e. The van der Waals surface area contributed by atoms with Gasteiger partial charge in [-0.3, -0.25) is 9.59 Å². The molecule has 1 N–H and O–H groups in total. The van der Waals surface area contributed by atoms with Crippen LogP contribution >= 0.6 is 11.6 Å². The van der Waals surface area contributed by atoms with E-state index in [-0.39, 0.29) is 23.8 Å². The lowest BCUT2D eigenvalue weighted by Crippen LogP contribution is -2.40. The van der Waals surface area contributed by atoms with Crippen LogP contribution < -0.4 is 10.2 Å². The van der Waals surface area contributed by atoms with Gasteiger partial charge in [0, 0.05) is 29.6 Å². The van der Waals surface area contributed by atoms with E-state index in [4.69, 9.17) is 11.6 Å². The SMILES string of the molecule is CCC(CC)C(=O)N[C@@H]1CC(=O)N(c2ccc(Cl)cc2)C1. The summed E-state index contributed by atoms with van der Waals surface area (Å²) in [6.45, 7) is 4.54. The summed E-state index contributed by atoms with van der Waals surface area (Å²) >= 11 is 5.86. The minimum Gasteiger partial charge on any atom is -0.351 e. The topological polar surface area (TPSA) is 49.4 Å². The minimum atomic E-state index is -0.110. The monoisotopic (exact) mass is 308 g/mol. The molecule has 0 radical (unpaired) electrons. The lowest BCUT2D eigenvalue weighted by molar-refractivity contribution is -0.125. The van der Waals surface area contributed by atoms with E-state index in [2.05, 4.69) is 5.32 Å². The maximum absolute atomic E-state index is 12.1. The Kier molecular flexibility index (Phi) is 5.23. The van der Waals surface area contributed by atoms with E-state index in [0.29, 0.717) is 18.0 Å². The summed E-state index contributed by atoms with van der Waals surface area (Å²) in [6.07, 6.45) is 2.00. The molecular formula is C16H21ClN2O2. The lowest BCUT2D eigenvalue weighted by atomic mass is 10.0. The maximum atomic E-state index is 12.1. The molecule has 0 spiro atoms. The fourth-order valence-electron chi connectivity index (χ4n) is 2.65. The van der Waals surface area contributed by atoms with Crippen molar-refractivity contribution in [1.82, 2.24) is 5.32 Å². The van der Waals surface area contributed by atoms with E-state index in [1.807, 2.05) is 26.0 Å². The molecule has 21 heavy (non-hydrogen) atoms. The van der Waals surface area contributed by atoms with E-state index in [1.54, 1.807) is 17.0 Å². The van der Waals surface area contributed by atoms with Crippen molar-refractivity contribution in [1.29, 1.82) is 0 Å². The van der Waals surface area contributed by atoms with Crippen LogP contribution in [-0.4, -0.2) is 24.4 Å². The molecule has 1 atom stereocenters. The van der Waals surface area contributed by atoms with Crippen LogP contribution in [-0.2, 0) is 9.59 Å². The zero-order valence-corrected chi connectivity index (χ0v) is 13.2. The first-order chi connectivity index (χ1) is 10.0. The van der Waals surface area contributed by atoms with Crippen molar-refractivity contribution in [2.45, 2.75) is 39.2 Å². The van der Waals surface area contributed by atoms with Crippen molar-refractivity contribution in [3.05, 3.63) is 29.3 Å². The molecule has 1 aliphatic heterocycles. The summed E-state index contributed by atoms with van der Waals surface area (Å²) in [5.41, 5.74) is 0.823. The van der Waals surface area contributed by atoms with Crippen molar-refractivity contribution in [3.8, 4) is 0 Å². The number of amides is 2. The molecule has 1 aliphatic rings. The molecule has 1 aromatic carbocycles. The quantitative estimate of drug-likeness (QED) is 0.909. The van der Waals surface area contributed by atoms with Gasteiger partial charge in [0.2, 0.25) is 11.8 Å². The minimum absolute atomic E-state index is 0.0321. The second-order valence-corrected chi connectivity index (χ2v) is 5.84. The van der Waals surface area contributed by atoms with E-state index < -0.39 is 0 Å². The highest BCUT2D eigenvalue weighted by Crippen LogP contribution is 2.23. The summed E-state index contributed by atoms with van der Waals surface area (Å²) in [6, 6.07) is 7.07. The molecule has 0 aromatic heterocycles. The number of nitrogens with zero attached hydrogens (tertiary/aromatic N) is 1. The molecule has 5 heteroatoms. The van der Waals surface area contributed by atoms with Crippen molar-refractivity contribution in [3.63, 3.8) is 0 Å². The number of hydrogen-bond acceptors (Lipinski definition) is 2. The molecule has 1 aromatic rings. The Balaban J connectivity index is 1.99. The number of halogens is 1. The number of carbonyl (C=O) groups excluding carboxylic acids is 2. The summed E-state index contributed by atoms with van der Waals surface area (Å²) in [4.78, 5) is 25.9. The Hall–Kier alpha value is -1.55. The van der Waals surface area contributed by atoms with Gasteiger partial charge in [-0.15, -0.1) is 0 Å². The molecule has 2 rings (SSSR count). The molecule has 0 saturated carbocycles. The highest BCUT2D eigenvalue weighted by atomic mass is 35.5. The van der Waals surface area contributed by atoms with Crippen LogP contribution in [0.1, 0.15) is 33.1 Å².